The molecular formula is C21H17N3O3S. The fourth-order valence-electron chi connectivity index (χ4n) is 3.29. The Hall–Kier alpha value is -3.06. The van der Waals surface area contributed by atoms with Gasteiger partial charge < -0.3 is 0 Å². The maximum absolute atomic E-state index is 12.8. The van der Waals surface area contributed by atoms with Crippen LogP contribution in [0.2, 0.25) is 0 Å². The Balaban J connectivity index is 1.44. The Morgan fingerprint density at radius 1 is 1.04 bits per heavy atom. The molecule has 2 amide bonds. The van der Waals surface area contributed by atoms with Crippen LogP contribution in [0.25, 0.3) is 10.8 Å². The molecule has 0 fully saturated rings. The quantitative estimate of drug-likeness (QED) is 0.375. The van der Waals surface area contributed by atoms with E-state index in [0.29, 0.717) is 28.1 Å². The van der Waals surface area contributed by atoms with Gasteiger partial charge in [0.1, 0.15) is 0 Å². The molecule has 0 atom stereocenters. The smallest absolute Gasteiger partial charge is 0.261 e. The van der Waals surface area contributed by atoms with E-state index in [1.807, 2.05) is 31.2 Å². The molecule has 140 valence electrons. The summed E-state index contributed by atoms with van der Waals surface area (Å²) >= 11 is 0.981. The molecule has 4 rings (SSSR count). The lowest BCUT2D eigenvalue weighted by Gasteiger charge is -2.27. The number of carbonyl (C=O) groups is 3. The van der Waals surface area contributed by atoms with Gasteiger partial charge in [-0.25, -0.2) is 9.97 Å². The lowest BCUT2D eigenvalue weighted by molar-refractivity contribution is -0.111. The predicted octanol–water partition coefficient (Wildman–Crippen LogP) is 3.63. The maximum atomic E-state index is 12.8. The largest absolute Gasteiger partial charge is 0.287 e. The number of imide groups is 1. The highest BCUT2D eigenvalue weighted by Gasteiger charge is 2.32. The molecule has 0 radical (unpaired) electrons. The lowest BCUT2D eigenvalue weighted by Crippen LogP contribution is -2.40. The summed E-state index contributed by atoms with van der Waals surface area (Å²) in [6, 6.07) is 12.7. The van der Waals surface area contributed by atoms with Crippen LogP contribution in [0.15, 0.2) is 53.8 Å². The minimum absolute atomic E-state index is 0.0926. The number of carbonyl (C=O) groups excluding carboxylic acids is 3. The molecular weight excluding hydrogens is 374 g/mol. The Labute approximate surface area is 166 Å². The molecule has 2 heterocycles. The van der Waals surface area contributed by atoms with Crippen molar-refractivity contribution in [3.63, 3.8) is 0 Å². The van der Waals surface area contributed by atoms with E-state index >= 15 is 0 Å². The minimum Gasteiger partial charge on any atom is -0.287 e. The number of rotatable bonds is 5. The Morgan fingerprint density at radius 3 is 2.36 bits per heavy atom. The van der Waals surface area contributed by atoms with Crippen molar-refractivity contribution in [2.24, 2.45) is 0 Å². The second kappa shape index (κ2) is 7.52. The van der Waals surface area contributed by atoms with Crippen LogP contribution >= 0.6 is 11.8 Å². The summed E-state index contributed by atoms with van der Waals surface area (Å²) in [5.41, 5.74) is 1.85. The first-order valence-electron chi connectivity index (χ1n) is 8.93. The highest BCUT2D eigenvalue weighted by Crippen LogP contribution is 2.30. The van der Waals surface area contributed by atoms with Crippen LogP contribution in [0.4, 0.5) is 0 Å². The summed E-state index contributed by atoms with van der Waals surface area (Å²) in [5, 5.41) is 1.90. The van der Waals surface area contributed by atoms with Gasteiger partial charge in [0, 0.05) is 41.4 Å². The molecule has 6 nitrogen and oxygen atoms in total. The molecule has 0 saturated carbocycles. The highest BCUT2D eigenvalue weighted by atomic mass is 32.2. The monoisotopic (exact) mass is 391 g/mol. The van der Waals surface area contributed by atoms with Gasteiger partial charge in [0.25, 0.3) is 11.8 Å². The van der Waals surface area contributed by atoms with Crippen LogP contribution in [0, 0.1) is 6.92 Å². The summed E-state index contributed by atoms with van der Waals surface area (Å²) in [4.78, 5) is 47.3. The van der Waals surface area contributed by atoms with Gasteiger partial charge in [0.15, 0.2) is 10.3 Å². The van der Waals surface area contributed by atoms with Crippen molar-refractivity contribution >= 4 is 39.5 Å². The van der Waals surface area contributed by atoms with Gasteiger partial charge in [0.2, 0.25) is 0 Å². The molecule has 1 aliphatic heterocycles. The lowest BCUT2D eigenvalue weighted by atomic mass is 9.94. The normalized spacial score (nSPS) is 13.2. The molecule has 0 N–H and O–H groups in total. The van der Waals surface area contributed by atoms with Gasteiger partial charge in [-0.05, 0) is 48.7 Å². The molecule has 0 unspecified atom stereocenters. The van der Waals surface area contributed by atoms with Gasteiger partial charge in [0.05, 0.1) is 0 Å². The average molecular weight is 391 g/mol. The van der Waals surface area contributed by atoms with Crippen molar-refractivity contribution in [2.45, 2.75) is 24.9 Å². The van der Waals surface area contributed by atoms with Crippen molar-refractivity contribution in [1.82, 2.24) is 14.9 Å². The molecule has 0 aliphatic carbocycles. The van der Waals surface area contributed by atoms with Crippen LogP contribution in [-0.2, 0) is 4.79 Å². The number of aromatic nitrogens is 2. The first-order chi connectivity index (χ1) is 13.5. The number of benzene rings is 2. The molecule has 2 aromatic carbocycles. The third-order valence-electron chi connectivity index (χ3n) is 4.60. The molecule has 0 saturated heterocycles. The van der Waals surface area contributed by atoms with Crippen LogP contribution in [-0.4, -0.2) is 38.3 Å². The number of hydrogen-bond acceptors (Lipinski definition) is 6. The molecule has 7 heteroatoms. The standard InChI is InChI=1S/C21H17N3O3S/c1-13-10-11-22-21(23-13)28-17(25)9-4-12-24-19(26)15-7-2-5-14-6-3-8-16(18(14)15)20(24)27/h2-3,5-8,10-11H,4,9,12H2,1H3. The van der Waals surface area contributed by atoms with Crippen LogP contribution < -0.4 is 0 Å². The fourth-order valence-corrected chi connectivity index (χ4v) is 4.05. The van der Waals surface area contributed by atoms with E-state index in [2.05, 4.69) is 9.97 Å². The minimum atomic E-state index is -0.309. The zero-order valence-corrected chi connectivity index (χ0v) is 16.0. The van der Waals surface area contributed by atoms with E-state index in [-0.39, 0.29) is 29.9 Å². The first kappa shape index (κ1) is 18.3. The summed E-state index contributed by atoms with van der Waals surface area (Å²) in [5.74, 6) is -0.618. The second-order valence-electron chi connectivity index (χ2n) is 6.53. The predicted molar refractivity (Wildman–Crippen MR) is 106 cm³/mol. The van der Waals surface area contributed by atoms with Gasteiger partial charge in [-0.2, -0.15) is 0 Å². The molecule has 0 bridgehead atoms. The van der Waals surface area contributed by atoms with Crippen LogP contribution in [0.3, 0.4) is 0 Å². The van der Waals surface area contributed by atoms with Crippen molar-refractivity contribution in [2.75, 3.05) is 6.54 Å². The molecule has 28 heavy (non-hydrogen) atoms. The van der Waals surface area contributed by atoms with E-state index in [1.165, 1.54) is 4.90 Å². The molecule has 3 aromatic rings. The SMILES string of the molecule is Cc1ccnc(SC(=O)CCCN2C(=O)c3cccc4cccc(c34)C2=O)n1. The van der Waals surface area contributed by atoms with Crippen molar-refractivity contribution in [3.05, 3.63) is 65.5 Å². The van der Waals surface area contributed by atoms with E-state index < -0.39 is 0 Å². The Kier molecular flexibility index (Phi) is 4.92. The van der Waals surface area contributed by atoms with E-state index in [4.69, 9.17) is 0 Å². The van der Waals surface area contributed by atoms with E-state index in [1.54, 1.807) is 24.4 Å². The zero-order valence-electron chi connectivity index (χ0n) is 15.2. The topological polar surface area (TPSA) is 80.2 Å². The van der Waals surface area contributed by atoms with Gasteiger partial charge in [-0.1, -0.05) is 24.3 Å². The van der Waals surface area contributed by atoms with Gasteiger partial charge in [-0.15, -0.1) is 0 Å². The summed E-state index contributed by atoms with van der Waals surface area (Å²) in [6.07, 6.45) is 2.24. The second-order valence-corrected chi connectivity index (χ2v) is 7.55. The maximum Gasteiger partial charge on any atom is 0.261 e. The Morgan fingerprint density at radius 2 is 1.71 bits per heavy atom. The molecule has 1 aromatic heterocycles. The third kappa shape index (κ3) is 3.41. The van der Waals surface area contributed by atoms with Crippen molar-refractivity contribution in [3.8, 4) is 0 Å². The number of aryl methyl sites for hydroxylation is 1. The van der Waals surface area contributed by atoms with E-state index in [0.717, 1.165) is 22.8 Å². The van der Waals surface area contributed by atoms with Crippen molar-refractivity contribution in [1.29, 1.82) is 0 Å². The molecule has 0 spiro atoms. The summed E-state index contributed by atoms with van der Waals surface area (Å²) in [6.45, 7) is 2.03. The number of thioether (sulfide) groups is 1. The van der Waals surface area contributed by atoms with E-state index in [9.17, 15) is 14.4 Å². The molecule has 1 aliphatic rings. The van der Waals surface area contributed by atoms with Gasteiger partial charge >= 0.3 is 0 Å². The number of amides is 2. The summed E-state index contributed by atoms with van der Waals surface area (Å²) < 4.78 is 0. The zero-order chi connectivity index (χ0) is 19.7. The number of nitrogens with zero attached hydrogens (tertiary/aromatic N) is 3. The van der Waals surface area contributed by atoms with Crippen LogP contribution in [0.1, 0.15) is 39.3 Å². The van der Waals surface area contributed by atoms with Crippen LogP contribution in [0.5, 0.6) is 0 Å². The number of hydrogen-bond donors (Lipinski definition) is 0. The summed E-state index contributed by atoms with van der Waals surface area (Å²) in [7, 11) is 0. The average Bonchev–Trinajstić information content (AvgIpc) is 2.68. The third-order valence-corrected chi connectivity index (χ3v) is 5.41. The van der Waals surface area contributed by atoms with Crippen molar-refractivity contribution < 1.29 is 14.4 Å². The Bertz CT molecular complexity index is 1060. The highest BCUT2D eigenvalue weighted by molar-refractivity contribution is 8.13. The first-order valence-corrected chi connectivity index (χ1v) is 9.74. The van der Waals surface area contributed by atoms with Gasteiger partial charge in [-0.3, -0.25) is 19.3 Å². The fraction of sp³-hybridized carbons (Fsp3) is 0.190.